The fourth-order valence-corrected chi connectivity index (χ4v) is 4.75. The summed E-state index contributed by atoms with van der Waals surface area (Å²) in [5, 5.41) is 3.75. The van der Waals surface area contributed by atoms with Gasteiger partial charge in [-0.05, 0) is 67.9 Å². The minimum Gasteiger partial charge on any atom is -0.497 e. The van der Waals surface area contributed by atoms with Crippen molar-refractivity contribution in [1.29, 1.82) is 0 Å². The second-order valence-corrected chi connectivity index (χ2v) is 9.72. The quantitative estimate of drug-likeness (QED) is 0.355. The van der Waals surface area contributed by atoms with Crippen molar-refractivity contribution in [2.24, 2.45) is 0 Å². The third kappa shape index (κ3) is 5.09. The number of rotatable bonds is 8. The number of fused-ring (bicyclic) bond motifs is 1. The van der Waals surface area contributed by atoms with E-state index in [1.54, 1.807) is 57.4 Å². The zero-order valence-electron chi connectivity index (χ0n) is 19.8. The Morgan fingerprint density at radius 1 is 0.971 bits per heavy atom. The van der Waals surface area contributed by atoms with Gasteiger partial charge < -0.3 is 19.2 Å². The third-order valence-electron chi connectivity index (χ3n) is 5.63. The van der Waals surface area contributed by atoms with Gasteiger partial charge in [-0.25, -0.2) is 8.42 Å². The van der Waals surface area contributed by atoms with E-state index in [4.69, 9.17) is 13.9 Å². The van der Waals surface area contributed by atoms with Gasteiger partial charge in [0.15, 0.2) is 11.3 Å². The molecule has 0 saturated heterocycles. The number of benzene rings is 3. The molecule has 35 heavy (non-hydrogen) atoms. The smallest absolute Gasteiger partial charge is 0.261 e. The Morgan fingerprint density at radius 3 is 2.40 bits per heavy atom. The highest BCUT2D eigenvalue weighted by molar-refractivity contribution is 7.92. The molecule has 1 atom stereocenters. The molecule has 1 heterocycles. The second-order valence-electron chi connectivity index (χ2n) is 8.03. The van der Waals surface area contributed by atoms with E-state index in [0.717, 1.165) is 5.39 Å². The van der Waals surface area contributed by atoms with Gasteiger partial charge in [0.05, 0.1) is 25.2 Å². The first-order chi connectivity index (χ1) is 16.7. The number of aryl methyl sites for hydroxylation is 1. The van der Waals surface area contributed by atoms with Crippen LogP contribution in [0.3, 0.4) is 0 Å². The number of furan rings is 1. The Bertz CT molecular complexity index is 1480. The minimum absolute atomic E-state index is 0.0230. The van der Waals surface area contributed by atoms with Gasteiger partial charge in [-0.2, -0.15) is 0 Å². The summed E-state index contributed by atoms with van der Waals surface area (Å²) < 4.78 is 44.8. The lowest BCUT2D eigenvalue weighted by atomic mass is 10.1. The maximum Gasteiger partial charge on any atom is 0.261 e. The number of carbonyl (C=O) groups excluding carboxylic acids is 1. The highest BCUT2D eigenvalue weighted by Crippen LogP contribution is 2.31. The van der Waals surface area contributed by atoms with Gasteiger partial charge in [-0.3, -0.25) is 9.52 Å². The molecule has 1 aromatic heterocycles. The van der Waals surface area contributed by atoms with Gasteiger partial charge in [0.2, 0.25) is 0 Å². The highest BCUT2D eigenvalue weighted by atomic mass is 32.2. The number of amides is 1. The van der Waals surface area contributed by atoms with Crippen molar-refractivity contribution in [3.63, 3.8) is 0 Å². The summed E-state index contributed by atoms with van der Waals surface area (Å²) >= 11 is 0. The Labute approximate surface area is 203 Å². The van der Waals surface area contributed by atoms with E-state index in [2.05, 4.69) is 10.0 Å². The van der Waals surface area contributed by atoms with Crippen molar-refractivity contribution in [3.05, 3.63) is 83.6 Å². The molecule has 0 bridgehead atoms. The summed E-state index contributed by atoms with van der Waals surface area (Å²) in [7, 11) is -0.818. The van der Waals surface area contributed by atoms with Gasteiger partial charge in [-0.15, -0.1) is 0 Å². The zero-order chi connectivity index (χ0) is 25.2. The number of sulfonamides is 1. The number of hydrogen-bond donors (Lipinski definition) is 2. The molecule has 4 aromatic rings. The molecule has 0 fully saturated rings. The summed E-state index contributed by atoms with van der Waals surface area (Å²) in [6.07, 6.45) is 0. The van der Waals surface area contributed by atoms with Crippen molar-refractivity contribution in [2.75, 3.05) is 18.9 Å². The number of nitrogens with one attached hydrogen (secondary N) is 2. The van der Waals surface area contributed by atoms with Crippen LogP contribution < -0.4 is 19.5 Å². The normalized spacial score (nSPS) is 12.2. The first kappa shape index (κ1) is 24.2. The molecule has 2 N–H and O–H groups in total. The van der Waals surface area contributed by atoms with Crippen molar-refractivity contribution in [3.8, 4) is 11.5 Å². The topological polar surface area (TPSA) is 107 Å². The van der Waals surface area contributed by atoms with Crippen LogP contribution in [0.4, 0.5) is 5.69 Å². The number of ether oxygens (including phenoxy) is 2. The first-order valence-electron chi connectivity index (χ1n) is 10.9. The van der Waals surface area contributed by atoms with Crippen LogP contribution in [0.5, 0.6) is 11.5 Å². The summed E-state index contributed by atoms with van der Waals surface area (Å²) in [6.45, 7) is 3.54. The molecular weight excluding hydrogens is 468 g/mol. The summed E-state index contributed by atoms with van der Waals surface area (Å²) in [5.74, 6) is 1.36. The lowest BCUT2D eigenvalue weighted by Crippen LogP contribution is -2.27. The van der Waals surface area contributed by atoms with Gasteiger partial charge in [0.25, 0.3) is 15.9 Å². The van der Waals surface area contributed by atoms with E-state index in [1.165, 1.54) is 19.2 Å². The summed E-state index contributed by atoms with van der Waals surface area (Å²) in [6, 6.07) is 17.9. The van der Waals surface area contributed by atoms with Crippen LogP contribution in [0.1, 0.15) is 34.6 Å². The molecule has 8 nitrogen and oxygen atoms in total. The fraction of sp³-hybridized carbons (Fsp3) is 0.192. The lowest BCUT2D eigenvalue weighted by molar-refractivity contribution is 0.0935. The molecule has 1 unspecified atom stereocenters. The molecule has 0 aliphatic heterocycles. The molecule has 182 valence electrons. The van der Waals surface area contributed by atoms with Gasteiger partial charge in [0, 0.05) is 16.6 Å². The Hall–Kier alpha value is -3.98. The second kappa shape index (κ2) is 9.71. The molecule has 0 radical (unpaired) electrons. The van der Waals surface area contributed by atoms with E-state index < -0.39 is 22.0 Å². The van der Waals surface area contributed by atoms with E-state index in [-0.39, 0.29) is 10.5 Å². The SMILES string of the molecule is COc1ccc(NS(=O)(=O)c2ccc(C)c(C(=O)NC(C)c3cc4cccc(OC)c4o3)c2)cc1. The van der Waals surface area contributed by atoms with Crippen LogP contribution in [0.25, 0.3) is 11.0 Å². The number of para-hydroxylation sites is 1. The number of carbonyl (C=O) groups is 1. The average molecular weight is 495 g/mol. The summed E-state index contributed by atoms with van der Waals surface area (Å²) in [5.41, 5.74) is 1.87. The van der Waals surface area contributed by atoms with Crippen molar-refractivity contribution in [2.45, 2.75) is 24.8 Å². The largest absolute Gasteiger partial charge is 0.497 e. The van der Waals surface area contributed by atoms with Gasteiger partial charge in [-0.1, -0.05) is 18.2 Å². The third-order valence-corrected chi connectivity index (χ3v) is 7.01. The van der Waals surface area contributed by atoms with Gasteiger partial charge >= 0.3 is 0 Å². The van der Waals surface area contributed by atoms with Crippen LogP contribution >= 0.6 is 0 Å². The molecule has 9 heteroatoms. The number of hydrogen-bond acceptors (Lipinski definition) is 6. The van der Waals surface area contributed by atoms with E-state index in [9.17, 15) is 13.2 Å². The lowest BCUT2D eigenvalue weighted by Gasteiger charge is -2.14. The number of methoxy groups -OCH3 is 2. The molecular formula is C26H26N2O6S. The first-order valence-corrected chi connectivity index (χ1v) is 12.3. The fourth-order valence-electron chi connectivity index (χ4n) is 3.66. The molecule has 3 aromatic carbocycles. The van der Waals surface area contributed by atoms with E-state index in [1.807, 2.05) is 18.2 Å². The average Bonchev–Trinajstić information content (AvgIpc) is 3.29. The zero-order valence-corrected chi connectivity index (χ0v) is 20.6. The van der Waals surface area contributed by atoms with Crippen molar-refractivity contribution < 1.29 is 27.1 Å². The molecule has 0 aliphatic rings. The van der Waals surface area contributed by atoms with Crippen LogP contribution in [0.2, 0.25) is 0 Å². The molecule has 1 amide bonds. The minimum atomic E-state index is -3.91. The molecule has 0 spiro atoms. The predicted molar refractivity (Wildman–Crippen MR) is 134 cm³/mol. The predicted octanol–water partition coefficient (Wildman–Crippen LogP) is 5.05. The standard InChI is InChI=1S/C26H26N2O6S/c1-16-8-13-21(35(30,31)28-19-9-11-20(32-3)12-10-19)15-22(16)26(29)27-17(2)24-14-18-6-5-7-23(33-4)25(18)34-24/h5-15,17,28H,1-4H3,(H,27,29). The van der Waals surface area contributed by atoms with E-state index in [0.29, 0.717) is 34.1 Å². The Balaban J connectivity index is 1.55. The van der Waals surface area contributed by atoms with Crippen LogP contribution in [-0.4, -0.2) is 28.5 Å². The molecule has 0 aliphatic carbocycles. The van der Waals surface area contributed by atoms with Gasteiger partial charge in [0.1, 0.15) is 11.5 Å². The van der Waals surface area contributed by atoms with Crippen molar-refractivity contribution in [1.82, 2.24) is 5.32 Å². The molecule has 0 saturated carbocycles. The van der Waals surface area contributed by atoms with Crippen LogP contribution in [-0.2, 0) is 10.0 Å². The van der Waals surface area contributed by atoms with Crippen LogP contribution in [0.15, 0.2) is 76.0 Å². The van der Waals surface area contributed by atoms with Crippen LogP contribution in [0, 0.1) is 6.92 Å². The summed E-state index contributed by atoms with van der Waals surface area (Å²) in [4.78, 5) is 13.1. The monoisotopic (exact) mass is 494 g/mol. The maximum absolute atomic E-state index is 13.1. The Kier molecular flexibility index (Phi) is 6.70. The maximum atomic E-state index is 13.1. The Morgan fingerprint density at radius 2 is 1.71 bits per heavy atom. The van der Waals surface area contributed by atoms with Crippen molar-refractivity contribution >= 4 is 32.6 Å². The molecule has 4 rings (SSSR count). The number of anilines is 1. The van der Waals surface area contributed by atoms with E-state index >= 15 is 0 Å². The highest BCUT2D eigenvalue weighted by Gasteiger charge is 2.21.